The average molecular weight is 215 g/mol. The van der Waals surface area contributed by atoms with Crippen LogP contribution in [-0.4, -0.2) is 19.6 Å². The van der Waals surface area contributed by atoms with Crippen molar-refractivity contribution in [1.29, 1.82) is 0 Å². The summed E-state index contributed by atoms with van der Waals surface area (Å²) < 4.78 is 4.47. The van der Waals surface area contributed by atoms with Gasteiger partial charge in [0.05, 0.1) is 18.5 Å². The van der Waals surface area contributed by atoms with E-state index in [-0.39, 0.29) is 12.5 Å². The molecule has 0 aromatic heterocycles. The van der Waals surface area contributed by atoms with E-state index >= 15 is 0 Å². The van der Waals surface area contributed by atoms with Crippen molar-refractivity contribution in [3.63, 3.8) is 0 Å². The van der Waals surface area contributed by atoms with Crippen LogP contribution in [0.1, 0.15) is 0 Å². The molecule has 3 N–H and O–H groups in total. The maximum Gasteiger partial charge on any atom is 0.325 e. The summed E-state index contributed by atoms with van der Waals surface area (Å²) in [7, 11) is 1.33. The number of nitrogen functional groups attached to an aromatic ring is 1. The van der Waals surface area contributed by atoms with Crippen molar-refractivity contribution in [1.82, 2.24) is 0 Å². The van der Waals surface area contributed by atoms with Crippen molar-refractivity contribution in [3.8, 4) is 0 Å². The van der Waals surface area contributed by atoms with Crippen LogP contribution in [0, 0.1) is 0 Å². The highest BCUT2D eigenvalue weighted by Crippen LogP contribution is 2.22. The third-order valence-electron chi connectivity index (χ3n) is 1.66. The first-order chi connectivity index (χ1) is 6.63. The molecule has 0 aliphatic carbocycles. The largest absolute Gasteiger partial charge is 0.468 e. The van der Waals surface area contributed by atoms with E-state index in [1.807, 2.05) is 0 Å². The number of halogens is 1. The van der Waals surface area contributed by atoms with Gasteiger partial charge in [0, 0.05) is 5.02 Å². The monoisotopic (exact) mass is 214 g/mol. The molecule has 0 aliphatic rings. The highest BCUT2D eigenvalue weighted by atomic mass is 35.5. The SMILES string of the molecule is COC(=O)CNc1ccc(Cl)cc1N. The molecule has 0 spiro atoms. The van der Waals surface area contributed by atoms with Crippen LogP contribution in [0.2, 0.25) is 5.02 Å². The van der Waals surface area contributed by atoms with Gasteiger partial charge in [-0.1, -0.05) is 11.6 Å². The zero-order chi connectivity index (χ0) is 10.6. The quantitative estimate of drug-likeness (QED) is 0.591. The first-order valence-corrected chi connectivity index (χ1v) is 4.37. The number of nitrogens with two attached hydrogens (primary N) is 1. The van der Waals surface area contributed by atoms with E-state index < -0.39 is 0 Å². The highest BCUT2D eigenvalue weighted by molar-refractivity contribution is 6.31. The summed E-state index contributed by atoms with van der Waals surface area (Å²) in [6.07, 6.45) is 0. The lowest BCUT2D eigenvalue weighted by Gasteiger charge is -2.07. The van der Waals surface area contributed by atoms with Crippen molar-refractivity contribution in [2.75, 3.05) is 24.7 Å². The van der Waals surface area contributed by atoms with E-state index in [1.54, 1.807) is 18.2 Å². The van der Waals surface area contributed by atoms with Crippen LogP contribution in [0.5, 0.6) is 0 Å². The van der Waals surface area contributed by atoms with E-state index in [9.17, 15) is 4.79 Å². The minimum absolute atomic E-state index is 0.0856. The highest BCUT2D eigenvalue weighted by Gasteiger charge is 2.02. The topological polar surface area (TPSA) is 64.3 Å². The van der Waals surface area contributed by atoms with E-state index in [1.165, 1.54) is 7.11 Å². The smallest absolute Gasteiger partial charge is 0.325 e. The number of esters is 1. The van der Waals surface area contributed by atoms with Gasteiger partial charge in [-0.05, 0) is 18.2 Å². The summed E-state index contributed by atoms with van der Waals surface area (Å²) in [6, 6.07) is 5.01. The van der Waals surface area contributed by atoms with Gasteiger partial charge >= 0.3 is 5.97 Å². The minimum Gasteiger partial charge on any atom is -0.468 e. The molecule has 0 bridgehead atoms. The maximum absolute atomic E-state index is 10.8. The number of hydrogen-bond donors (Lipinski definition) is 2. The minimum atomic E-state index is -0.348. The Labute approximate surface area is 87.0 Å². The van der Waals surface area contributed by atoms with Gasteiger partial charge in [0.1, 0.15) is 6.54 Å². The Bertz CT molecular complexity index is 342. The summed E-state index contributed by atoms with van der Waals surface area (Å²) in [5.41, 5.74) is 6.82. The van der Waals surface area contributed by atoms with Gasteiger partial charge < -0.3 is 15.8 Å². The molecule has 14 heavy (non-hydrogen) atoms. The van der Waals surface area contributed by atoms with Crippen LogP contribution in [0.25, 0.3) is 0 Å². The molecule has 4 nitrogen and oxygen atoms in total. The first kappa shape index (κ1) is 10.7. The van der Waals surface area contributed by atoms with Gasteiger partial charge in [-0.3, -0.25) is 4.79 Å². The summed E-state index contributed by atoms with van der Waals surface area (Å²) in [5, 5.41) is 3.39. The Morgan fingerprint density at radius 1 is 1.64 bits per heavy atom. The van der Waals surface area contributed by atoms with Crippen LogP contribution in [0.3, 0.4) is 0 Å². The van der Waals surface area contributed by atoms with Crippen molar-refractivity contribution in [2.45, 2.75) is 0 Å². The number of hydrogen-bond acceptors (Lipinski definition) is 4. The van der Waals surface area contributed by atoms with Crippen LogP contribution >= 0.6 is 11.6 Å². The van der Waals surface area contributed by atoms with E-state index in [0.29, 0.717) is 16.4 Å². The van der Waals surface area contributed by atoms with E-state index in [4.69, 9.17) is 17.3 Å². The fourth-order valence-corrected chi connectivity index (χ4v) is 1.11. The summed E-state index contributed by atoms with van der Waals surface area (Å²) in [4.78, 5) is 10.8. The maximum atomic E-state index is 10.8. The predicted octanol–water partition coefficient (Wildman–Crippen LogP) is 1.51. The molecule has 0 heterocycles. The third-order valence-corrected chi connectivity index (χ3v) is 1.90. The molecule has 0 amide bonds. The standard InChI is InChI=1S/C9H11ClN2O2/c1-14-9(13)5-12-8-3-2-6(10)4-7(8)11/h2-4,12H,5,11H2,1H3. The number of nitrogens with one attached hydrogen (secondary N) is 1. The van der Waals surface area contributed by atoms with Crippen molar-refractivity contribution < 1.29 is 9.53 Å². The molecule has 0 unspecified atom stereocenters. The lowest BCUT2D eigenvalue weighted by Crippen LogP contribution is -2.15. The summed E-state index contributed by atoms with van der Waals surface area (Å²) in [5.74, 6) is -0.348. The molecule has 0 aliphatic heterocycles. The second-order valence-corrected chi connectivity index (χ2v) is 3.10. The number of anilines is 2. The Morgan fingerprint density at radius 2 is 2.36 bits per heavy atom. The molecule has 0 fully saturated rings. The van der Waals surface area contributed by atoms with Gasteiger partial charge in [-0.15, -0.1) is 0 Å². The molecule has 1 rings (SSSR count). The second kappa shape index (κ2) is 4.72. The zero-order valence-electron chi connectivity index (χ0n) is 7.71. The van der Waals surface area contributed by atoms with Crippen LogP contribution in [-0.2, 0) is 9.53 Å². The van der Waals surface area contributed by atoms with Crippen molar-refractivity contribution >= 4 is 28.9 Å². The van der Waals surface area contributed by atoms with Crippen LogP contribution in [0.15, 0.2) is 18.2 Å². The Kier molecular flexibility index (Phi) is 3.59. The number of benzene rings is 1. The third kappa shape index (κ3) is 2.81. The van der Waals surface area contributed by atoms with Crippen molar-refractivity contribution in [2.24, 2.45) is 0 Å². The number of carbonyl (C=O) groups excluding carboxylic acids is 1. The molecule has 76 valence electrons. The number of ether oxygens (including phenoxy) is 1. The zero-order valence-corrected chi connectivity index (χ0v) is 8.47. The second-order valence-electron chi connectivity index (χ2n) is 2.66. The molecule has 0 saturated heterocycles. The number of rotatable bonds is 3. The molecule has 0 saturated carbocycles. The molecular weight excluding hydrogens is 204 g/mol. The summed E-state index contributed by atoms with van der Waals surface area (Å²) in [6.45, 7) is 0.0856. The number of methoxy groups -OCH3 is 1. The first-order valence-electron chi connectivity index (χ1n) is 3.99. The molecule has 0 atom stereocenters. The van der Waals surface area contributed by atoms with Gasteiger partial charge in [0.2, 0.25) is 0 Å². The van der Waals surface area contributed by atoms with E-state index in [2.05, 4.69) is 10.1 Å². The van der Waals surface area contributed by atoms with Gasteiger partial charge in [0.25, 0.3) is 0 Å². The number of carbonyl (C=O) groups is 1. The summed E-state index contributed by atoms with van der Waals surface area (Å²) >= 11 is 5.71. The molecular formula is C9H11ClN2O2. The Hall–Kier alpha value is -1.42. The van der Waals surface area contributed by atoms with Crippen LogP contribution < -0.4 is 11.1 Å². The van der Waals surface area contributed by atoms with Crippen molar-refractivity contribution in [3.05, 3.63) is 23.2 Å². The Morgan fingerprint density at radius 3 is 2.93 bits per heavy atom. The Balaban J connectivity index is 2.63. The van der Waals surface area contributed by atoms with Gasteiger partial charge in [0.15, 0.2) is 0 Å². The average Bonchev–Trinajstić information content (AvgIpc) is 2.16. The normalized spacial score (nSPS) is 9.57. The van der Waals surface area contributed by atoms with E-state index in [0.717, 1.165) is 0 Å². The molecule has 0 radical (unpaired) electrons. The fraction of sp³-hybridized carbons (Fsp3) is 0.222. The van der Waals surface area contributed by atoms with Gasteiger partial charge in [-0.2, -0.15) is 0 Å². The predicted molar refractivity (Wildman–Crippen MR) is 56.4 cm³/mol. The van der Waals surface area contributed by atoms with Crippen LogP contribution in [0.4, 0.5) is 11.4 Å². The van der Waals surface area contributed by atoms with Gasteiger partial charge in [-0.25, -0.2) is 0 Å². The fourth-order valence-electron chi connectivity index (χ4n) is 0.934. The lowest BCUT2D eigenvalue weighted by molar-refractivity contribution is -0.138. The lowest BCUT2D eigenvalue weighted by atomic mass is 10.2. The molecule has 1 aromatic rings. The molecule has 5 heteroatoms. The molecule has 1 aromatic carbocycles.